The van der Waals surface area contributed by atoms with Crippen LogP contribution in [0.2, 0.25) is 0 Å². The van der Waals surface area contributed by atoms with E-state index in [1.54, 1.807) is 18.6 Å². The molecule has 0 aliphatic heterocycles. The first-order valence-electron chi connectivity index (χ1n) is 7.52. The normalized spacial score (nSPS) is 12.0. The van der Waals surface area contributed by atoms with Gasteiger partial charge in [0.1, 0.15) is 6.04 Å². The molecule has 7 nitrogen and oxygen atoms in total. The van der Waals surface area contributed by atoms with E-state index in [0.29, 0.717) is 18.8 Å². The van der Waals surface area contributed by atoms with Gasteiger partial charge >= 0.3 is 5.97 Å². The second kappa shape index (κ2) is 7.47. The highest BCUT2D eigenvalue weighted by Crippen LogP contribution is 2.13. The zero-order valence-electron chi connectivity index (χ0n) is 12.9. The molecule has 1 aromatic carbocycles. The van der Waals surface area contributed by atoms with Crippen LogP contribution < -0.4 is 5.32 Å². The van der Waals surface area contributed by atoms with Gasteiger partial charge in [0, 0.05) is 48.4 Å². The molecule has 7 heteroatoms. The maximum Gasteiger partial charge on any atom is 0.321 e. The molecule has 0 aliphatic rings. The highest BCUT2D eigenvalue weighted by atomic mass is 16.4. The summed E-state index contributed by atoms with van der Waals surface area (Å²) in [5, 5.41) is 12.3. The Morgan fingerprint density at radius 1 is 1.17 bits per heavy atom. The molecule has 0 radical (unpaired) electrons. The maximum absolute atomic E-state index is 11.4. The van der Waals surface area contributed by atoms with Crippen molar-refractivity contribution in [2.75, 3.05) is 0 Å². The van der Waals surface area contributed by atoms with E-state index in [4.69, 9.17) is 0 Å². The van der Waals surface area contributed by atoms with Crippen LogP contribution in [0.15, 0.2) is 55.2 Å². The Bertz CT molecular complexity index is 773. The van der Waals surface area contributed by atoms with Crippen molar-refractivity contribution in [3.63, 3.8) is 0 Å². The summed E-state index contributed by atoms with van der Waals surface area (Å²) in [6.07, 6.45) is 6.90. The molecule has 0 amide bonds. The Kier molecular flexibility index (Phi) is 4.93. The van der Waals surface area contributed by atoms with Crippen molar-refractivity contribution in [2.24, 2.45) is 0 Å². The van der Waals surface area contributed by atoms with Crippen molar-refractivity contribution >= 4 is 5.97 Å². The summed E-state index contributed by atoms with van der Waals surface area (Å²) in [4.78, 5) is 26.8. The second-order valence-corrected chi connectivity index (χ2v) is 5.33. The number of nitrogens with one attached hydrogen (secondary N) is 2. The van der Waals surface area contributed by atoms with Crippen LogP contribution in [0.25, 0.3) is 11.4 Å². The number of carboxylic acid groups (broad SMARTS) is 1. The smallest absolute Gasteiger partial charge is 0.321 e. The van der Waals surface area contributed by atoms with Crippen LogP contribution in [0.5, 0.6) is 0 Å². The second-order valence-electron chi connectivity index (χ2n) is 5.33. The highest BCUT2D eigenvalue weighted by Gasteiger charge is 2.18. The van der Waals surface area contributed by atoms with Gasteiger partial charge in [-0.3, -0.25) is 10.1 Å². The molecule has 2 aromatic heterocycles. The molecule has 1 unspecified atom stereocenters. The fourth-order valence-electron chi connectivity index (χ4n) is 2.29. The van der Waals surface area contributed by atoms with Gasteiger partial charge in [0.05, 0.1) is 6.33 Å². The SMILES string of the molecule is O=C(O)C(Cc1cnc[nH]1)NCc1cnc(-c2ccccc2)nc1. The van der Waals surface area contributed by atoms with E-state index >= 15 is 0 Å². The van der Waals surface area contributed by atoms with Crippen molar-refractivity contribution in [1.82, 2.24) is 25.3 Å². The Balaban J connectivity index is 1.62. The van der Waals surface area contributed by atoms with Crippen LogP contribution in [0.3, 0.4) is 0 Å². The lowest BCUT2D eigenvalue weighted by Crippen LogP contribution is -2.38. The molecule has 1 atom stereocenters. The van der Waals surface area contributed by atoms with Gasteiger partial charge in [-0.2, -0.15) is 0 Å². The minimum absolute atomic E-state index is 0.332. The molecule has 0 aliphatic carbocycles. The molecule has 3 rings (SSSR count). The van der Waals surface area contributed by atoms with Crippen LogP contribution in [-0.4, -0.2) is 37.1 Å². The predicted octanol–water partition coefficient (Wildman–Crippen LogP) is 1.65. The molecule has 24 heavy (non-hydrogen) atoms. The number of rotatable bonds is 7. The average molecular weight is 323 g/mol. The number of H-pyrrole nitrogens is 1. The van der Waals surface area contributed by atoms with Gasteiger partial charge in [-0.05, 0) is 0 Å². The van der Waals surface area contributed by atoms with Crippen molar-refractivity contribution in [3.8, 4) is 11.4 Å². The number of aromatic amines is 1. The monoisotopic (exact) mass is 323 g/mol. The van der Waals surface area contributed by atoms with Gasteiger partial charge in [0.2, 0.25) is 0 Å². The summed E-state index contributed by atoms with van der Waals surface area (Å²) in [7, 11) is 0. The Labute approximate surface area is 138 Å². The molecule has 0 saturated heterocycles. The minimum atomic E-state index is -0.911. The van der Waals surface area contributed by atoms with Crippen molar-refractivity contribution in [3.05, 3.63) is 66.5 Å². The summed E-state index contributed by atoms with van der Waals surface area (Å²) in [5.74, 6) is -0.266. The van der Waals surface area contributed by atoms with E-state index in [-0.39, 0.29) is 0 Å². The predicted molar refractivity (Wildman–Crippen MR) is 88.0 cm³/mol. The van der Waals surface area contributed by atoms with Gasteiger partial charge in [-0.15, -0.1) is 0 Å². The van der Waals surface area contributed by atoms with Crippen molar-refractivity contribution < 1.29 is 9.90 Å². The van der Waals surface area contributed by atoms with E-state index in [1.165, 1.54) is 6.33 Å². The van der Waals surface area contributed by atoms with E-state index in [0.717, 1.165) is 16.8 Å². The minimum Gasteiger partial charge on any atom is -0.480 e. The summed E-state index contributed by atoms with van der Waals surface area (Å²) >= 11 is 0. The Hall–Kier alpha value is -3.06. The fraction of sp³-hybridized carbons (Fsp3) is 0.176. The lowest BCUT2D eigenvalue weighted by atomic mass is 10.1. The lowest BCUT2D eigenvalue weighted by molar-refractivity contribution is -0.139. The molecule has 0 saturated carbocycles. The van der Waals surface area contributed by atoms with E-state index in [2.05, 4.69) is 25.3 Å². The van der Waals surface area contributed by atoms with Crippen LogP contribution in [-0.2, 0) is 17.8 Å². The molecule has 3 N–H and O–H groups in total. The molecule has 0 bridgehead atoms. The first kappa shape index (κ1) is 15.8. The number of hydrogen-bond acceptors (Lipinski definition) is 5. The summed E-state index contributed by atoms with van der Waals surface area (Å²) in [6.45, 7) is 0.375. The number of aliphatic carboxylic acids is 1. The highest BCUT2D eigenvalue weighted by molar-refractivity contribution is 5.73. The molecule has 2 heterocycles. The third-order valence-corrected chi connectivity index (χ3v) is 3.57. The first-order chi connectivity index (χ1) is 11.7. The van der Waals surface area contributed by atoms with Gasteiger partial charge in [0.25, 0.3) is 0 Å². The third kappa shape index (κ3) is 4.02. The van der Waals surface area contributed by atoms with Crippen LogP contribution in [0.4, 0.5) is 0 Å². The lowest BCUT2D eigenvalue weighted by Gasteiger charge is -2.13. The number of benzene rings is 1. The van der Waals surface area contributed by atoms with Crippen LogP contribution in [0, 0.1) is 0 Å². The maximum atomic E-state index is 11.4. The Morgan fingerprint density at radius 3 is 2.54 bits per heavy atom. The number of aromatic nitrogens is 4. The number of imidazole rings is 1. The Morgan fingerprint density at radius 2 is 1.92 bits per heavy atom. The summed E-state index contributed by atoms with van der Waals surface area (Å²) < 4.78 is 0. The standard InChI is InChI=1S/C17H17N5O2/c23-17(24)15(6-14-10-18-11-22-14)19-7-12-8-20-16(21-9-12)13-4-2-1-3-5-13/h1-5,8-11,15,19H,6-7H2,(H,18,22)(H,23,24). The van der Waals surface area contributed by atoms with Crippen LogP contribution in [0.1, 0.15) is 11.3 Å². The third-order valence-electron chi connectivity index (χ3n) is 3.57. The van der Waals surface area contributed by atoms with Gasteiger partial charge < -0.3 is 10.1 Å². The average Bonchev–Trinajstić information content (AvgIpc) is 3.13. The van der Waals surface area contributed by atoms with Gasteiger partial charge in [0.15, 0.2) is 5.82 Å². The zero-order chi connectivity index (χ0) is 16.8. The molecule has 0 fully saturated rings. The zero-order valence-corrected chi connectivity index (χ0v) is 12.9. The number of nitrogens with zero attached hydrogens (tertiary/aromatic N) is 3. The molecule has 3 aromatic rings. The first-order valence-corrected chi connectivity index (χ1v) is 7.52. The van der Waals surface area contributed by atoms with Crippen molar-refractivity contribution in [2.45, 2.75) is 19.0 Å². The number of carbonyl (C=O) groups is 1. The van der Waals surface area contributed by atoms with E-state index in [1.807, 2.05) is 30.3 Å². The fourth-order valence-corrected chi connectivity index (χ4v) is 2.29. The van der Waals surface area contributed by atoms with Gasteiger partial charge in [-0.25, -0.2) is 15.0 Å². The van der Waals surface area contributed by atoms with Gasteiger partial charge in [-0.1, -0.05) is 30.3 Å². The largest absolute Gasteiger partial charge is 0.480 e. The topological polar surface area (TPSA) is 104 Å². The van der Waals surface area contributed by atoms with E-state index < -0.39 is 12.0 Å². The summed E-state index contributed by atoms with van der Waals surface area (Å²) in [5.41, 5.74) is 2.54. The number of carboxylic acids is 1. The quantitative estimate of drug-likeness (QED) is 0.611. The van der Waals surface area contributed by atoms with Crippen molar-refractivity contribution in [1.29, 1.82) is 0 Å². The molecule has 0 spiro atoms. The molecule has 122 valence electrons. The van der Waals surface area contributed by atoms with Crippen LogP contribution >= 0.6 is 0 Å². The molecular formula is C17H17N5O2. The van der Waals surface area contributed by atoms with E-state index in [9.17, 15) is 9.90 Å². The molecular weight excluding hydrogens is 306 g/mol. The number of hydrogen-bond donors (Lipinski definition) is 3. The summed E-state index contributed by atoms with van der Waals surface area (Å²) in [6, 6.07) is 8.98.